The fourth-order valence-electron chi connectivity index (χ4n) is 2.56. The van der Waals surface area contributed by atoms with E-state index in [9.17, 15) is 0 Å². The predicted molar refractivity (Wildman–Crippen MR) is 89.4 cm³/mol. The lowest BCUT2D eigenvalue weighted by atomic mass is 9.97. The maximum atomic E-state index is 5.87. The van der Waals surface area contributed by atoms with Crippen LogP contribution in [0.4, 0.5) is 0 Å². The van der Waals surface area contributed by atoms with E-state index >= 15 is 0 Å². The molecule has 3 heteroatoms. The van der Waals surface area contributed by atoms with E-state index in [4.69, 9.17) is 16.0 Å². The SMILES string of the molecule is Cc1ccccc1C([SiH2]OCCCl)c1ccccc1C. The Labute approximate surface area is 128 Å². The molecule has 0 fully saturated rings. The number of halogens is 1. The van der Waals surface area contributed by atoms with Crippen molar-refractivity contribution < 1.29 is 4.43 Å². The Morgan fingerprint density at radius 3 is 1.90 bits per heavy atom. The van der Waals surface area contributed by atoms with Gasteiger partial charge in [-0.2, -0.15) is 0 Å². The third kappa shape index (κ3) is 3.72. The van der Waals surface area contributed by atoms with E-state index in [1.807, 2.05) is 0 Å². The molecule has 20 heavy (non-hydrogen) atoms. The normalized spacial score (nSPS) is 11.6. The third-order valence-corrected chi connectivity index (χ3v) is 5.53. The van der Waals surface area contributed by atoms with Crippen molar-refractivity contribution >= 4 is 21.4 Å². The molecular weight excluding hydrogens is 284 g/mol. The average molecular weight is 305 g/mol. The standard InChI is InChI=1S/C17H21ClOSi/c1-13-7-3-5-9-15(13)17(20-19-12-11-18)16-10-6-4-8-14(16)2/h3-10,17H,11-12,20H2,1-2H3. The van der Waals surface area contributed by atoms with Crippen molar-refractivity contribution in [2.24, 2.45) is 0 Å². The molecule has 0 saturated carbocycles. The summed E-state index contributed by atoms with van der Waals surface area (Å²) in [5.41, 5.74) is 5.86. The summed E-state index contributed by atoms with van der Waals surface area (Å²) in [6.45, 7) is 5.01. The van der Waals surface area contributed by atoms with Crippen molar-refractivity contribution in [1.29, 1.82) is 0 Å². The molecule has 0 N–H and O–H groups in total. The van der Waals surface area contributed by atoms with E-state index in [-0.39, 0.29) is 0 Å². The Morgan fingerprint density at radius 1 is 0.950 bits per heavy atom. The topological polar surface area (TPSA) is 9.23 Å². The van der Waals surface area contributed by atoms with Gasteiger partial charge in [0.25, 0.3) is 0 Å². The summed E-state index contributed by atoms with van der Waals surface area (Å²) in [7, 11) is -0.709. The van der Waals surface area contributed by atoms with Crippen molar-refractivity contribution in [3.05, 3.63) is 70.8 Å². The van der Waals surface area contributed by atoms with E-state index in [0.717, 1.165) is 0 Å². The first-order valence-corrected chi connectivity index (χ1v) is 8.91. The summed E-state index contributed by atoms with van der Waals surface area (Å²) in [6.07, 6.45) is 0. The molecule has 0 atom stereocenters. The second-order valence-electron chi connectivity index (χ2n) is 5.03. The molecule has 2 aromatic rings. The minimum absolute atomic E-state index is 0.403. The fourth-order valence-corrected chi connectivity index (χ4v) is 4.67. The Kier molecular flexibility index (Phi) is 5.83. The number of benzene rings is 2. The van der Waals surface area contributed by atoms with Crippen LogP contribution in [0.15, 0.2) is 48.5 Å². The summed E-state index contributed by atoms with van der Waals surface area (Å²) in [4.78, 5) is 0. The van der Waals surface area contributed by atoms with E-state index < -0.39 is 9.76 Å². The van der Waals surface area contributed by atoms with Crippen LogP contribution in [0, 0.1) is 13.8 Å². The van der Waals surface area contributed by atoms with Crippen LogP contribution in [0.3, 0.4) is 0 Å². The molecule has 0 saturated heterocycles. The molecule has 106 valence electrons. The molecule has 0 spiro atoms. The molecule has 0 aliphatic heterocycles. The van der Waals surface area contributed by atoms with Crippen molar-refractivity contribution in [2.75, 3.05) is 12.5 Å². The van der Waals surface area contributed by atoms with Gasteiger partial charge in [0.05, 0.1) is 0 Å². The molecule has 0 amide bonds. The molecule has 0 unspecified atom stereocenters. The second kappa shape index (κ2) is 7.63. The van der Waals surface area contributed by atoms with E-state index in [2.05, 4.69) is 62.4 Å². The molecule has 2 rings (SSSR count). The Morgan fingerprint density at radius 2 is 1.45 bits per heavy atom. The number of hydrogen-bond acceptors (Lipinski definition) is 1. The van der Waals surface area contributed by atoms with Gasteiger partial charge in [-0.05, 0) is 36.1 Å². The van der Waals surface area contributed by atoms with E-state index in [1.54, 1.807) is 0 Å². The molecule has 0 heterocycles. The summed E-state index contributed by atoms with van der Waals surface area (Å²) in [6, 6.07) is 17.2. The van der Waals surface area contributed by atoms with Gasteiger partial charge < -0.3 is 4.43 Å². The molecule has 0 bridgehead atoms. The van der Waals surface area contributed by atoms with Gasteiger partial charge in [0, 0.05) is 18.0 Å². The minimum atomic E-state index is -0.709. The van der Waals surface area contributed by atoms with Crippen LogP contribution in [0.5, 0.6) is 0 Å². The highest BCUT2D eigenvalue weighted by molar-refractivity contribution is 6.31. The summed E-state index contributed by atoms with van der Waals surface area (Å²) >= 11 is 5.74. The van der Waals surface area contributed by atoms with Gasteiger partial charge >= 0.3 is 0 Å². The lowest BCUT2D eigenvalue weighted by Crippen LogP contribution is -2.16. The predicted octanol–water partition coefficient (Wildman–Crippen LogP) is 3.73. The summed E-state index contributed by atoms with van der Waals surface area (Å²) in [5.74, 6) is 0.571. The molecule has 1 nitrogen and oxygen atoms in total. The Bertz CT molecular complexity index is 511. The van der Waals surface area contributed by atoms with Gasteiger partial charge in [-0.3, -0.25) is 0 Å². The second-order valence-corrected chi connectivity index (χ2v) is 6.97. The number of rotatable bonds is 6. The molecule has 0 aliphatic rings. The first-order valence-electron chi connectivity index (χ1n) is 6.98. The van der Waals surface area contributed by atoms with Crippen molar-refractivity contribution in [1.82, 2.24) is 0 Å². The minimum Gasteiger partial charge on any atom is -0.422 e. The monoisotopic (exact) mass is 304 g/mol. The van der Waals surface area contributed by atoms with Crippen molar-refractivity contribution in [3.8, 4) is 0 Å². The smallest absolute Gasteiger partial charge is 0.173 e. The molecular formula is C17H21ClOSi. The van der Waals surface area contributed by atoms with Crippen molar-refractivity contribution in [3.63, 3.8) is 0 Å². The Hall–Kier alpha value is -1.09. The van der Waals surface area contributed by atoms with Gasteiger partial charge in [-0.1, -0.05) is 48.5 Å². The first kappa shape index (κ1) is 15.3. The lowest BCUT2D eigenvalue weighted by Gasteiger charge is -2.21. The largest absolute Gasteiger partial charge is 0.422 e. The zero-order valence-electron chi connectivity index (χ0n) is 12.1. The highest BCUT2D eigenvalue weighted by atomic mass is 35.5. The van der Waals surface area contributed by atoms with Crippen molar-refractivity contribution in [2.45, 2.75) is 19.4 Å². The van der Waals surface area contributed by atoms with Crippen LogP contribution in [-0.4, -0.2) is 22.3 Å². The average Bonchev–Trinajstić information content (AvgIpc) is 2.46. The van der Waals surface area contributed by atoms with Crippen LogP contribution in [0.1, 0.15) is 27.8 Å². The lowest BCUT2D eigenvalue weighted by molar-refractivity contribution is 0.359. The van der Waals surface area contributed by atoms with Gasteiger partial charge in [0.1, 0.15) is 0 Å². The molecule has 0 aliphatic carbocycles. The molecule has 0 aromatic heterocycles. The third-order valence-electron chi connectivity index (χ3n) is 3.63. The maximum absolute atomic E-state index is 5.87. The zero-order valence-corrected chi connectivity index (χ0v) is 14.3. The zero-order chi connectivity index (χ0) is 14.4. The van der Waals surface area contributed by atoms with Crippen LogP contribution >= 0.6 is 11.6 Å². The fraction of sp³-hybridized carbons (Fsp3) is 0.294. The Balaban J connectivity index is 2.35. The van der Waals surface area contributed by atoms with Crippen LogP contribution in [-0.2, 0) is 4.43 Å². The highest BCUT2D eigenvalue weighted by Crippen LogP contribution is 2.28. The van der Waals surface area contributed by atoms with Crippen LogP contribution in [0.25, 0.3) is 0 Å². The number of hydrogen-bond donors (Lipinski definition) is 0. The van der Waals surface area contributed by atoms with Gasteiger partial charge in [0.15, 0.2) is 9.76 Å². The van der Waals surface area contributed by atoms with Gasteiger partial charge in [-0.25, -0.2) is 0 Å². The molecule has 0 radical (unpaired) electrons. The van der Waals surface area contributed by atoms with E-state index in [1.165, 1.54) is 22.3 Å². The van der Waals surface area contributed by atoms with Crippen LogP contribution < -0.4 is 0 Å². The summed E-state index contributed by atoms with van der Waals surface area (Å²) < 4.78 is 5.87. The maximum Gasteiger partial charge on any atom is 0.173 e. The number of aryl methyl sites for hydroxylation is 2. The quantitative estimate of drug-likeness (QED) is 0.449. The number of alkyl halides is 1. The van der Waals surface area contributed by atoms with Gasteiger partial charge in [0.2, 0.25) is 0 Å². The molecule has 2 aromatic carbocycles. The van der Waals surface area contributed by atoms with Gasteiger partial charge in [-0.15, -0.1) is 11.6 Å². The van der Waals surface area contributed by atoms with E-state index in [0.29, 0.717) is 18.0 Å². The highest BCUT2D eigenvalue weighted by Gasteiger charge is 2.18. The summed E-state index contributed by atoms with van der Waals surface area (Å²) in [5, 5.41) is 0. The van der Waals surface area contributed by atoms with Crippen LogP contribution in [0.2, 0.25) is 0 Å². The first-order chi connectivity index (χ1) is 9.74.